The molecule has 35 heavy (non-hydrogen) atoms. The zero-order valence-corrected chi connectivity index (χ0v) is 21.2. The van der Waals surface area contributed by atoms with E-state index in [4.69, 9.17) is 4.98 Å². The van der Waals surface area contributed by atoms with Gasteiger partial charge < -0.3 is 0 Å². The Kier molecular flexibility index (Phi) is 5.62. The van der Waals surface area contributed by atoms with Crippen molar-refractivity contribution >= 4 is 53.4 Å². The third-order valence-corrected chi connectivity index (χ3v) is 10.3. The van der Waals surface area contributed by atoms with Gasteiger partial charge in [0.25, 0.3) is 5.91 Å². The average Bonchev–Trinajstić information content (AvgIpc) is 3.49. The highest BCUT2D eigenvalue weighted by atomic mass is 32.2. The maximum atomic E-state index is 13.1. The molecule has 0 spiro atoms. The molecule has 1 N–H and O–H groups in total. The summed E-state index contributed by atoms with van der Waals surface area (Å²) in [4.78, 5) is 17.9. The summed E-state index contributed by atoms with van der Waals surface area (Å²) in [5.41, 5.74) is 4.03. The normalized spacial score (nSPS) is 16.4. The first kappa shape index (κ1) is 22.6. The van der Waals surface area contributed by atoms with E-state index in [0.717, 1.165) is 54.1 Å². The number of amides is 1. The van der Waals surface area contributed by atoms with Gasteiger partial charge >= 0.3 is 0 Å². The fourth-order valence-electron chi connectivity index (χ4n) is 5.51. The average molecular weight is 506 g/mol. The Balaban J connectivity index is 1.23. The number of hydrogen-bond acceptors (Lipinski definition) is 5. The van der Waals surface area contributed by atoms with Crippen LogP contribution in [0.25, 0.3) is 21.0 Å². The maximum Gasteiger partial charge on any atom is 0.257 e. The van der Waals surface area contributed by atoms with Crippen molar-refractivity contribution in [3.63, 3.8) is 0 Å². The summed E-state index contributed by atoms with van der Waals surface area (Å²) in [6.07, 6.45) is 7.20. The minimum atomic E-state index is -3.59. The summed E-state index contributed by atoms with van der Waals surface area (Å²) in [5, 5.41) is 5.89. The summed E-state index contributed by atoms with van der Waals surface area (Å²) in [6, 6.07) is 14.8. The molecule has 6 rings (SSSR count). The van der Waals surface area contributed by atoms with E-state index in [0.29, 0.717) is 10.7 Å². The van der Waals surface area contributed by atoms with Gasteiger partial charge in [-0.1, -0.05) is 48.8 Å². The van der Waals surface area contributed by atoms with E-state index in [9.17, 15) is 13.2 Å². The molecule has 0 bridgehead atoms. The molecule has 1 aromatic heterocycles. The lowest BCUT2D eigenvalue weighted by atomic mass is 9.96. The molecule has 0 radical (unpaired) electrons. The van der Waals surface area contributed by atoms with Crippen LogP contribution in [0.4, 0.5) is 5.13 Å². The molecule has 2 aliphatic carbocycles. The number of fused-ring (bicyclic) bond motifs is 2. The van der Waals surface area contributed by atoms with Crippen molar-refractivity contribution in [2.24, 2.45) is 0 Å². The number of thiazole rings is 1. The van der Waals surface area contributed by atoms with Gasteiger partial charge in [-0.05, 0) is 72.5 Å². The number of benzene rings is 3. The van der Waals surface area contributed by atoms with E-state index in [-0.39, 0.29) is 16.8 Å². The summed E-state index contributed by atoms with van der Waals surface area (Å²) in [6.45, 7) is 0. The van der Waals surface area contributed by atoms with Crippen molar-refractivity contribution in [3.05, 3.63) is 65.2 Å². The summed E-state index contributed by atoms with van der Waals surface area (Å²) >= 11 is 1.47. The van der Waals surface area contributed by atoms with E-state index in [2.05, 4.69) is 29.6 Å². The van der Waals surface area contributed by atoms with Gasteiger partial charge in [0.05, 0.1) is 15.1 Å². The van der Waals surface area contributed by atoms with Crippen LogP contribution in [-0.4, -0.2) is 36.7 Å². The lowest BCUT2D eigenvalue weighted by molar-refractivity contribution is 0.102. The second-order valence-electron chi connectivity index (χ2n) is 9.53. The van der Waals surface area contributed by atoms with Crippen molar-refractivity contribution < 1.29 is 13.2 Å². The molecule has 1 fully saturated rings. The molecule has 1 heterocycles. The molecular formula is C27H27N3O3S2. The van der Waals surface area contributed by atoms with Crippen molar-refractivity contribution in [3.8, 4) is 0 Å². The third kappa shape index (κ3) is 3.93. The van der Waals surface area contributed by atoms with Gasteiger partial charge in [-0.15, -0.1) is 0 Å². The van der Waals surface area contributed by atoms with E-state index in [1.165, 1.54) is 50.7 Å². The van der Waals surface area contributed by atoms with Crippen LogP contribution in [0.1, 0.15) is 53.6 Å². The SMILES string of the molecule is CN(C1CCCCC1)S(=O)(=O)c1ccc(C(=O)Nc2nc3c(cc4c5c(cccc53)CC4)s2)cc1. The predicted molar refractivity (Wildman–Crippen MR) is 141 cm³/mol. The first-order chi connectivity index (χ1) is 16.9. The molecular weight excluding hydrogens is 478 g/mol. The Morgan fingerprint density at radius 1 is 1.03 bits per heavy atom. The number of rotatable bonds is 5. The fourth-order valence-corrected chi connectivity index (χ4v) is 7.87. The summed E-state index contributed by atoms with van der Waals surface area (Å²) < 4.78 is 28.7. The third-order valence-electron chi connectivity index (χ3n) is 7.45. The first-order valence-electron chi connectivity index (χ1n) is 12.2. The second-order valence-corrected chi connectivity index (χ2v) is 12.6. The van der Waals surface area contributed by atoms with E-state index in [1.54, 1.807) is 19.2 Å². The molecule has 2 aliphatic rings. The number of aryl methyl sites for hydroxylation is 2. The monoisotopic (exact) mass is 505 g/mol. The molecule has 1 saturated carbocycles. The number of aromatic nitrogens is 1. The topological polar surface area (TPSA) is 79.4 Å². The standard InChI is InChI=1S/C27H27N3O3S2/c1-30(20-7-3-2-4-8-20)35(32,33)21-14-12-18(13-15-21)26(31)29-27-28-25-22-9-5-6-17-10-11-19(24(17)22)16-23(25)34-27/h5-6,9,12-16,20H,2-4,7-8,10-11H2,1H3,(H,28,29,31). The Labute approximate surface area is 209 Å². The Morgan fingerprint density at radius 3 is 2.54 bits per heavy atom. The van der Waals surface area contributed by atoms with Crippen LogP contribution in [0.3, 0.4) is 0 Å². The Morgan fingerprint density at radius 2 is 1.77 bits per heavy atom. The number of hydrogen-bond donors (Lipinski definition) is 1. The smallest absolute Gasteiger partial charge is 0.257 e. The number of carbonyl (C=O) groups is 1. The molecule has 0 atom stereocenters. The van der Waals surface area contributed by atoms with Gasteiger partial charge in [-0.25, -0.2) is 13.4 Å². The largest absolute Gasteiger partial charge is 0.298 e. The van der Waals surface area contributed by atoms with E-state index < -0.39 is 10.0 Å². The zero-order valence-electron chi connectivity index (χ0n) is 19.6. The Bertz CT molecular complexity index is 1550. The number of nitrogens with zero attached hydrogens (tertiary/aromatic N) is 2. The van der Waals surface area contributed by atoms with Gasteiger partial charge in [0.15, 0.2) is 5.13 Å². The van der Waals surface area contributed by atoms with Crippen molar-refractivity contribution in [2.75, 3.05) is 12.4 Å². The highest BCUT2D eigenvalue weighted by molar-refractivity contribution is 7.89. The molecule has 3 aromatic carbocycles. The van der Waals surface area contributed by atoms with Crippen LogP contribution in [0, 0.1) is 0 Å². The number of nitrogens with one attached hydrogen (secondary N) is 1. The minimum Gasteiger partial charge on any atom is -0.298 e. The number of carbonyl (C=O) groups excluding carboxylic acids is 1. The molecule has 180 valence electrons. The molecule has 4 aromatic rings. The quantitative estimate of drug-likeness (QED) is 0.374. The second kappa shape index (κ2) is 8.69. The van der Waals surface area contributed by atoms with Crippen LogP contribution in [0.2, 0.25) is 0 Å². The van der Waals surface area contributed by atoms with Crippen LogP contribution >= 0.6 is 11.3 Å². The Hall–Kier alpha value is -2.81. The minimum absolute atomic E-state index is 0.0452. The summed E-state index contributed by atoms with van der Waals surface area (Å²) in [7, 11) is -1.93. The zero-order chi connectivity index (χ0) is 24.2. The first-order valence-corrected chi connectivity index (χ1v) is 14.4. The molecule has 1 amide bonds. The van der Waals surface area contributed by atoms with Gasteiger partial charge in [0.2, 0.25) is 10.0 Å². The lowest BCUT2D eigenvalue weighted by Gasteiger charge is -2.30. The summed E-state index contributed by atoms with van der Waals surface area (Å²) in [5.74, 6) is -0.300. The van der Waals surface area contributed by atoms with Crippen LogP contribution in [-0.2, 0) is 22.9 Å². The van der Waals surface area contributed by atoms with Gasteiger partial charge in [-0.2, -0.15) is 4.31 Å². The van der Waals surface area contributed by atoms with Crippen molar-refractivity contribution in [1.29, 1.82) is 0 Å². The molecule has 0 aliphatic heterocycles. The predicted octanol–water partition coefficient (Wildman–Crippen LogP) is 5.75. The fraction of sp³-hybridized carbons (Fsp3) is 0.333. The lowest BCUT2D eigenvalue weighted by Crippen LogP contribution is -2.38. The van der Waals surface area contributed by atoms with Crippen molar-refractivity contribution in [1.82, 2.24) is 9.29 Å². The maximum absolute atomic E-state index is 13.1. The van der Waals surface area contributed by atoms with Crippen LogP contribution in [0.5, 0.6) is 0 Å². The number of sulfonamides is 1. The van der Waals surface area contributed by atoms with Crippen molar-refractivity contribution in [2.45, 2.75) is 55.9 Å². The van der Waals surface area contributed by atoms with E-state index in [1.807, 2.05) is 0 Å². The highest BCUT2D eigenvalue weighted by Crippen LogP contribution is 2.39. The van der Waals surface area contributed by atoms with E-state index >= 15 is 0 Å². The number of anilines is 1. The highest BCUT2D eigenvalue weighted by Gasteiger charge is 2.29. The van der Waals surface area contributed by atoms with Gasteiger partial charge in [0, 0.05) is 24.0 Å². The van der Waals surface area contributed by atoms with Crippen LogP contribution in [0.15, 0.2) is 53.4 Å². The van der Waals surface area contributed by atoms with Gasteiger partial charge in [-0.3, -0.25) is 10.1 Å². The molecule has 6 nitrogen and oxygen atoms in total. The molecule has 0 saturated heterocycles. The molecule has 0 unspecified atom stereocenters. The van der Waals surface area contributed by atoms with Gasteiger partial charge in [0.1, 0.15) is 0 Å². The molecule has 8 heteroatoms. The van der Waals surface area contributed by atoms with Crippen LogP contribution < -0.4 is 5.32 Å².